The number of carboxylic acid groups (broad SMARTS) is 1. The second-order valence-corrected chi connectivity index (χ2v) is 10.7. The Balaban J connectivity index is 1.61. The number of fused-ring (bicyclic) bond motifs is 3. The van der Waals surface area contributed by atoms with Crippen LogP contribution in [0.3, 0.4) is 0 Å². The lowest BCUT2D eigenvalue weighted by Crippen LogP contribution is -2.53. The number of hydrogen-bond acceptors (Lipinski definition) is 4. The molecule has 4 rings (SSSR count). The molecule has 0 bridgehead atoms. The third-order valence-corrected chi connectivity index (χ3v) is 7.71. The Morgan fingerprint density at radius 2 is 1.85 bits per heavy atom. The standard InChI is InChI=1S/C29H38O5/c1-7-18(4)21-9-8-10-22-26(21)34-29(5,6)24-15-23(28(30)31)25(33-27(22)24)16-32-20-13-11-19(12-14-20)17(2)3/h8-14,17-18,23-25,27H,7,15-16H2,1-6H3,(H,30,31)/t18?,23-,24+,25+,27-/m1/s1. The zero-order valence-electron chi connectivity index (χ0n) is 21.2. The first kappa shape index (κ1) is 24.6. The van der Waals surface area contributed by atoms with Crippen LogP contribution in [0.2, 0.25) is 0 Å². The Hall–Kier alpha value is -2.53. The van der Waals surface area contributed by atoms with Gasteiger partial charge in [0.25, 0.3) is 0 Å². The molecule has 0 aromatic heterocycles. The number of ether oxygens (including phenoxy) is 3. The van der Waals surface area contributed by atoms with Gasteiger partial charge in [-0.2, -0.15) is 0 Å². The minimum Gasteiger partial charge on any atom is -0.491 e. The van der Waals surface area contributed by atoms with Crippen molar-refractivity contribution >= 4 is 5.97 Å². The first-order valence-electron chi connectivity index (χ1n) is 12.5. The maximum Gasteiger partial charge on any atom is 0.309 e. The van der Waals surface area contributed by atoms with Crippen molar-refractivity contribution in [3.63, 3.8) is 0 Å². The second kappa shape index (κ2) is 9.61. The van der Waals surface area contributed by atoms with E-state index in [1.54, 1.807) is 0 Å². The van der Waals surface area contributed by atoms with Crippen LogP contribution in [0.4, 0.5) is 0 Å². The molecule has 2 aromatic rings. The summed E-state index contributed by atoms with van der Waals surface area (Å²) in [5.74, 6) is 0.879. The van der Waals surface area contributed by atoms with Gasteiger partial charge in [-0.05, 0) is 61.8 Å². The maximum atomic E-state index is 12.2. The van der Waals surface area contributed by atoms with Crippen LogP contribution < -0.4 is 9.47 Å². The molecule has 0 saturated carbocycles. The van der Waals surface area contributed by atoms with Crippen LogP contribution in [0.5, 0.6) is 11.5 Å². The van der Waals surface area contributed by atoms with Gasteiger partial charge in [0.1, 0.15) is 29.8 Å². The molecule has 1 unspecified atom stereocenters. The van der Waals surface area contributed by atoms with E-state index in [1.165, 1.54) is 11.1 Å². The van der Waals surface area contributed by atoms with Crippen LogP contribution in [-0.2, 0) is 9.53 Å². The second-order valence-electron chi connectivity index (χ2n) is 10.7. The van der Waals surface area contributed by atoms with Crippen molar-refractivity contribution < 1.29 is 24.1 Å². The van der Waals surface area contributed by atoms with Crippen LogP contribution in [0.25, 0.3) is 0 Å². The highest BCUT2D eigenvalue weighted by molar-refractivity contribution is 5.71. The fourth-order valence-electron chi connectivity index (χ4n) is 5.27. The van der Waals surface area contributed by atoms with E-state index >= 15 is 0 Å². The summed E-state index contributed by atoms with van der Waals surface area (Å²) in [6.07, 6.45) is 0.732. The molecule has 2 aromatic carbocycles. The Morgan fingerprint density at radius 3 is 2.47 bits per heavy atom. The number of hydrogen-bond donors (Lipinski definition) is 1. The Bertz CT molecular complexity index is 1010. The molecule has 1 fully saturated rings. The highest BCUT2D eigenvalue weighted by atomic mass is 16.6. The van der Waals surface area contributed by atoms with Crippen molar-refractivity contribution in [2.24, 2.45) is 11.8 Å². The van der Waals surface area contributed by atoms with Gasteiger partial charge in [0.2, 0.25) is 0 Å². The number of rotatable bonds is 7. The first-order chi connectivity index (χ1) is 16.1. The quantitative estimate of drug-likeness (QED) is 0.491. The van der Waals surface area contributed by atoms with Gasteiger partial charge < -0.3 is 19.3 Å². The van der Waals surface area contributed by atoms with Crippen LogP contribution in [-0.4, -0.2) is 29.4 Å². The number of carboxylic acids is 1. The Labute approximate surface area is 203 Å². The normalized spacial score (nSPS) is 26.2. The highest BCUT2D eigenvalue weighted by Gasteiger charge is 2.52. The summed E-state index contributed by atoms with van der Waals surface area (Å²) in [6.45, 7) is 13.0. The van der Waals surface area contributed by atoms with E-state index < -0.39 is 23.6 Å². The minimum atomic E-state index is -0.850. The predicted octanol–water partition coefficient (Wildman–Crippen LogP) is 6.72. The number of carbonyl (C=O) groups is 1. The summed E-state index contributed by atoms with van der Waals surface area (Å²) in [6, 6.07) is 14.3. The fourth-order valence-corrected chi connectivity index (χ4v) is 5.27. The van der Waals surface area contributed by atoms with E-state index in [9.17, 15) is 9.90 Å². The molecule has 2 aliphatic rings. The molecule has 184 valence electrons. The van der Waals surface area contributed by atoms with Crippen LogP contribution in [0.15, 0.2) is 42.5 Å². The summed E-state index contributed by atoms with van der Waals surface area (Å²) < 4.78 is 19.2. The Morgan fingerprint density at radius 1 is 1.15 bits per heavy atom. The molecule has 5 heteroatoms. The highest BCUT2D eigenvalue weighted by Crippen LogP contribution is 2.53. The number of aliphatic carboxylic acids is 1. The van der Waals surface area contributed by atoms with Gasteiger partial charge in [-0.1, -0.05) is 58.0 Å². The van der Waals surface area contributed by atoms with Crippen molar-refractivity contribution in [2.75, 3.05) is 6.61 Å². The van der Waals surface area contributed by atoms with E-state index in [0.29, 0.717) is 18.3 Å². The van der Waals surface area contributed by atoms with Crippen LogP contribution in [0.1, 0.15) is 89.0 Å². The van der Waals surface area contributed by atoms with Crippen molar-refractivity contribution in [3.05, 3.63) is 59.2 Å². The molecule has 1 N–H and O–H groups in total. The smallest absolute Gasteiger partial charge is 0.309 e. The molecule has 2 aliphatic heterocycles. The van der Waals surface area contributed by atoms with Crippen LogP contribution >= 0.6 is 0 Å². The molecule has 0 aliphatic carbocycles. The molecule has 5 atom stereocenters. The van der Waals surface area contributed by atoms with Crippen molar-refractivity contribution in [1.82, 2.24) is 0 Å². The molecule has 0 spiro atoms. The number of para-hydroxylation sites is 1. The van der Waals surface area contributed by atoms with Gasteiger partial charge in [-0.15, -0.1) is 0 Å². The predicted molar refractivity (Wildman–Crippen MR) is 133 cm³/mol. The van der Waals surface area contributed by atoms with Gasteiger partial charge in [0.05, 0.1) is 12.0 Å². The lowest BCUT2D eigenvalue weighted by atomic mass is 9.71. The number of benzene rings is 2. The summed E-state index contributed by atoms with van der Waals surface area (Å²) in [5, 5.41) is 10.0. The summed E-state index contributed by atoms with van der Waals surface area (Å²) in [7, 11) is 0. The van der Waals surface area contributed by atoms with Gasteiger partial charge >= 0.3 is 5.97 Å². The van der Waals surface area contributed by atoms with Gasteiger partial charge in [-0.25, -0.2) is 0 Å². The van der Waals surface area contributed by atoms with Crippen molar-refractivity contribution in [3.8, 4) is 11.5 Å². The van der Waals surface area contributed by atoms with E-state index in [2.05, 4.69) is 71.9 Å². The van der Waals surface area contributed by atoms with Crippen molar-refractivity contribution in [2.45, 2.75) is 84.0 Å². The molecule has 0 radical (unpaired) electrons. The zero-order valence-corrected chi connectivity index (χ0v) is 21.2. The first-order valence-corrected chi connectivity index (χ1v) is 12.5. The molecular formula is C29H38O5. The molecular weight excluding hydrogens is 428 g/mol. The Kier molecular flexibility index (Phi) is 6.95. The average molecular weight is 467 g/mol. The van der Waals surface area contributed by atoms with Gasteiger partial charge in [-0.3, -0.25) is 4.79 Å². The van der Waals surface area contributed by atoms with Crippen LogP contribution in [0, 0.1) is 11.8 Å². The SMILES string of the molecule is CCC(C)c1cccc2c1OC(C)(C)[C@H]1C[C@@H](C(=O)O)[C@H](COc3ccc(C(C)C)cc3)O[C@H]21. The third kappa shape index (κ3) is 4.68. The van der Waals surface area contributed by atoms with E-state index in [4.69, 9.17) is 14.2 Å². The summed E-state index contributed by atoms with van der Waals surface area (Å²) >= 11 is 0. The molecule has 34 heavy (non-hydrogen) atoms. The van der Waals surface area contributed by atoms with E-state index in [1.807, 2.05) is 12.1 Å². The summed E-state index contributed by atoms with van der Waals surface area (Å²) in [5.41, 5.74) is 2.92. The average Bonchev–Trinajstić information content (AvgIpc) is 2.81. The topological polar surface area (TPSA) is 65.0 Å². The minimum absolute atomic E-state index is 0.0603. The van der Waals surface area contributed by atoms with E-state index in [-0.39, 0.29) is 18.6 Å². The summed E-state index contributed by atoms with van der Waals surface area (Å²) in [4.78, 5) is 12.2. The monoisotopic (exact) mass is 466 g/mol. The largest absolute Gasteiger partial charge is 0.491 e. The molecule has 2 heterocycles. The van der Waals surface area contributed by atoms with Gasteiger partial charge in [0.15, 0.2) is 0 Å². The maximum absolute atomic E-state index is 12.2. The molecule has 0 amide bonds. The molecule has 5 nitrogen and oxygen atoms in total. The van der Waals surface area contributed by atoms with Gasteiger partial charge in [0, 0.05) is 11.5 Å². The lowest BCUT2D eigenvalue weighted by Gasteiger charge is -2.50. The fraction of sp³-hybridized carbons (Fsp3) is 0.552. The molecule has 1 saturated heterocycles. The lowest BCUT2D eigenvalue weighted by molar-refractivity contribution is -0.192. The van der Waals surface area contributed by atoms with Crippen molar-refractivity contribution in [1.29, 1.82) is 0 Å². The zero-order chi connectivity index (χ0) is 24.6. The third-order valence-electron chi connectivity index (χ3n) is 7.71. The van der Waals surface area contributed by atoms with E-state index in [0.717, 1.165) is 23.5 Å².